The maximum Gasteiger partial charge on any atom is 0.339 e. The number of carboxylic acid groups (broad SMARTS) is 2. The standard InChI is InChI=1S/C29H37ClN6O6S.C23H22ClN5O4.C16H16ClN5O3/c1-7-39-12-13-40-24-11-9-22(32-29(37)21(6)41-23-10-8-17(2)14-18(23)3)15-25(24)42-43(38)31-16-19(4)27-33-28-26(30)20(5)34-36(28)35-27;1-12-6-5-7-17(10-12)33-19-9-8-16(11-18(19)23(31)32)28(15(4)30)14(3)21-25-26-22-20(24)13(2)27-29(21)22;1-8-13(17)15-19-18-14(22(15)20-8)9(2)21(10(3)23)12-6-4-5-11(7-12)16(24)25/h8-11,14-15,19,21,31,34H,7,12-13,16H2,1-6H3,(H,32,37);5-11,14,27H,1-4H3,(H,31,32);4-7,9,20H,1-3H3,(H,24,25). The van der Waals surface area contributed by atoms with Crippen LogP contribution < -0.4 is 38.2 Å². The number of nitrogens with zero attached hydrogens (tertiary/aromatic N) is 11. The summed E-state index contributed by atoms with van der Waals surface area (Å²) in [6.07, 6.45) is -0.771. The first-order valence-corrected chi connectivity index (χ1v) is 33.8. The summed E-state index contributed by atoms with van der Waals surface area (Å²) < 4.78 is 49.1. The van der Waals surface area contributed by atoms with Crippen LogP contribution in [0.5, 0.6) is 28.7 Å². The van der Waals surface area contributed by atoms with Crippen LogP contribution >= 0.6 is 34.8 Å². The topological polar surface area (TPSA) is 358 Å². The highest BCUT2D eigenvalue weighted by Crippen LogP contribution is 2.36. The quantitative estimate of drug-likeness (QED) is 0.0261. The molecule has 29 nitrogen and oxygen atoms in total. The minimum absolute atomic E-state index is 0.0717. The fourth-order valence-electron chi connectivity index (χ4n) is 10.6. The Bertz CT molecular complexity index is 4890. The average molecular weight is 1460 g/mol. The van der Waals surface area contributed by atoms with Crippen molar-refractivity contribution in [1.29, 1.82) is 0 Å². The zero-order valence-electron chi connectivity index (χ0n) is 57.3. The van der Waals surface area contributed by atoms with E-state index >= 15 is 0 Å². The number of halogens is 3. The van der Waals surface area contributed by atoms with Gasteiger partial charge >= 0.3 is 11.9 Å². The number of hydrogen-bond donors (Lipinski definition) is 7. The Kier molecular flexibility index (Phi) is 24.3. The zero-order chi connectivity index (χ0) is 73.3. The molecule has 11 rings (SSSR count). The number of benzene rings is 5. The SMILES string of the molecule is CC(=O)N(c1ccc(Oc2cccc(C)c2)c(C(=O)O)c1)C(C)c1nnc2c(Cl)c(C)[nH]n12.CC(=O)N(c1cccc(C(=O)O)c1)C(C)c1nnc2c(Cl)c(C)[nH]n12.CCOCCOc1ccc(NC(=O)C(C)Oc2ccc(C)cc2C)cc1OS(=O)NCC(C)c1nc2c(Cl)c(C)[nH]n2n1. The number of aryl methyl sites for hydroxylation is 6. The van der Waals surface area contributed by atoms with E-state index in [-0.39, 0.29) is 59.4 Å². The molecule has 0 bridgehead atoms. The third-order valence-corrected chi connectivity index (χ3v) is 17.8. The van der Waals surface area contributed by atoms with Crippen LogP contribution in [-0.4, -0.2) is 136 Å². The van der Waals surface area contributed by atoms with Gasteiger partial charge in [-0.2, -0.15) is 8.84 Å². The summed E-state index contributed by atoms with van der Waals surface area (Å²) in [4.78, 5) is 68.4. The summed E-state index contributed by atoms with van der Waals surface area (Å²) in [6.45, 7) is 24.6. The van der Waals surface area contributed by atoms with Crippen LogP contribution in [0.25, 0.3) is 16.9 Å². The number of amides is 3. The van der Waals surface area contributed by atoms with Crippen LogP contribution in [0.15, 0.2) is 103 Å². The summed E-state index contributed by atoms with van der Waals surface area (Å²) >= 11 is 16.7. The number of hydrogen-bond acceptors (Lipinski definition) is 17. The molecule has 6 aromatic heterocycles. The summed E-state index contributed by atoms with van der Waals surface area (Å²) in [5, 5.41) is 53.3. The van der Waals surface area contributed by atoms with Crippen LogP contribution in [0.4, 0.5) is 17.1 Å². The van der Waals surface area contributed by atoms with Crippen LogP contribution in [0, 0.1) is 41.5 Å². The predicted octanol–water partition coefficient (Wildman–Crippen LogP) is 12.6. The molecule has 0 saturated carbocycles. The van der Waals surface area contributed by atoms with Gasteiger partial charge in [0.05, 0.1) is 41.3 Å². The van der Waals surface area contributed by atoms with Gasteiger partial charge in [-0.05, 0) is 147 Å². The van der Waals surface area contributed by atoms with E-state index in [9.17, 15) is 38.4 Å². The average Bonchev–Trinajstić information content (AvgIpc) is 1.65. The highest BCUT2D eigenvalue weighted by atomic mass is 35.5. The number of aromatic carboxylic acids is 2. The first kappa shape index (κ1) is 74.8. The molecule has 0 aliphatic heterocycles. The molecule has 532 valence electrons. The summed E-state index contributed by atoms with van der Waals surface area (Å²) in [6, 6.07) is 27.6. The van der Waals surface area contributed by atoms with Crippen molar-refractivity contribution in [1.82, 2.24) is 64.2 Å². The Balaban J connectivity index is 0.000000183. The number of H-pyrrole nitrogens is 3. The second-order valence-electron chi connectivity index (χ2n) is 23.5. The molecule has 0 radical (unpaired) electrons. The predicted molar refractivity (Wildman–Crippen MR) is 381 cm³/mol. The van der Waals surface area contributed by atoms with Gasteiger partial charge in [0.15, 0.2) is 52.0 Å². The number of carbonyl (C=O) groups is 5. The number of aromatic amines is 3. The van der Waals surface area contributed by atoms with Crippen LogP contribution in [0.1, 0.15) is 138 Å². The van der Waals surface area contributed by atoms with E-state index in [4.69, 9.17) is 57.9 Å². The largest absolute Gasteiger partial charge is 0.487 e. The third-order valence-electron chi connectivity index (χ3n) is 15.7. The molecule has 5 aromatic carbocycles. The zero-order valence-corrected chi connectivity index (χ0v) is 60.4. The fraction of sp³-hybridized carbons (Fsp3) is 0.309. The third kappa shape index (κ3) is 17.6. The molecule has 7 N–H and O–H groups in total. The monoisotopic (exact) mass is 1460 g/mol. The second kappa shape index (κ2) is 32.7. The van der Waals surface area contributed by atoms with E-state index in [1.54, 1.807) is 85.3 Å². The molecule has 6 heterocycles. The van der Waals surface area contributed by atoms with Gasteiger partial charge in [0.2, 0.25) is 11.8 Å². The molecule has 0 aliphatic carbocycles. The van der Waals surface area contributed by atoms with Gasteiger partial charge in [0, 0.05) is 56.0 Å². The fourth-order valence-corrected chi connectivity index (χ4v) is 11.8. The van der Waals surface area contributed by atoms with Crippen molar-refractivity contribution in [3.63, 3.8) is 0 Å². The first-order chi connectivity index (χ1) is 48.0. The van der Waals surface area contributed by atoms with Gasteiger partial charge in [-0.25, -0.2) is 28.3 Å². The van der Waals surface area contributed by atoms with Gasteiger partial charge in [0.25, 0.3) is 17.2 Å². The number of fused-ring (bicyclic) bond motifs is 3. The van der Waals surface area contributed by atoms with Gasteiger partial charge in [0.1, 0.15) is 44.5 Å². The number of aromatic nitrogens is 12. The molecule has 0 aliphatic rings. The lowest BCUT2D eigenvalue weighted by Crippen LogP contribution is -2.33. The number of anilines is 3. The molecular formula is C68H75Cl3N16O13S. The smallest absolute Gasteiger partial charge is 0.339 e. The Morgan fingerprint density at radius 1 is 0.634 bits per heavy atom. The normalized spacial score (nSPS) is 12.7. The van der Waals surface area contributed by atoms with E-state index in [0.29, 0.717) is 97.0 Å². The van der Waals surface area contributed by atoms with Crippen LogP contribution in [-0.2, 0) is 30.4 Å². The maximum atomic E-state index is 12.9. The van der Waals surface area contributed by atoms with E-state index in [0.717, 1.165) is 33.8 Å². The number of rotatable bonds is 25. The van der Waals surface area contributed by atoms with E-state index < -0.39 is 41.4 Å². The lowest BCUT2D eigenvalue weighted by Gasteiger charge is -2.27. The van der Waals surface area contributed by atoms with Crippen molar-refractivity contribution in [3.8, 4) is 28.7 Å². The van der Waals surface area contributed by atoms with Gasteiger partial charge in [-0.15, -0.1) is 25.5 Å². The van der Waals surface area contributed by atoms with Crippen molar-refractivity contribution in [2.24, 2.45) is 0 Å². The molecule has 5 unspecified atom stereocenters. The number of ether oxygens (including phenoxy) is 4. The lowest BCUT2D eigenvalue weighted by atomic mass is 10.1. The Labute approximate surface area is 597 Å². The van der Waals surface area contributed by atoms with Crippen LogP contribution in [0.3, 0.4) is 0 Å². The van der Waals surface area contributed by atoms with E-state index in [1.807, 2.05) is 84.9 Å². The van der Waals surface area contributed by atoms with E-state index in [1.165, 1.54) is 46.5 Å². The maximum absolute atomic E-state index is 12.9. The van der Waals surface area contributed by atoms with Crippen molar-refractivity contribution >= 4 is 110 Å². The molecule has 3 amide bonds. The Morgan fingerprint density at radius 3 is 1.80 bits per heavy atom. The highest BCUT2D eigenvalue weighted by Gasteiger charge is 2.30. The number of carboxylic acids is 2. The summed E-state index contributed by atoms with van der Waals surface area (Å²) in [5.74, 6) is -0.0367. The molecular weight excluding hydrogens is 1390 g/mol. The Morgan fingerprint density at radius 2 is 1.22 bits per heavy atom. The first-order valence-electron chi connectivity index (χ1n) is 31.6. The molecule has 0 fully saturated rings. The van der Waals surface area contributed by atoms with Gasteiger partial charge in [-0.1, -0.05) is 77.6 Å². The van der Waals surface area contributed by atoms with Gasteiger partial charge in [-0.3, -0.25) is 29.7 Å². The highest BCUT2D eigenvalue weighted by molar-refractivity contribution is 7.78. The van der Waals surface area contributed by atoms with Crippen molar-refractivity contribution < 1.29 is 61.5 Å². The van der Waals surface area contributed by atoms with Crippen LogP contribution in [0.2, 0.25) is 15.1 Å². The molecule has 0 saturated heterocycles. The summed E-state index contributed by atoms with van der Waals surface area (Å²) in [5.41, 5.74) is 8.00. The van der Waals surface area contributed by atoms with E-state index in [2.05, 4.69) is 55.8 Å². The van der Waals surface area contributed by atoms with Crippen molar-refractivity contribution in [3.05, 3.63) is 181 Å². The second-order valence-corrected chi connectivity index (χ2v) is 25.5. The number of carbonyl (C=O) groups excluding carboxylic acids is 3. The number of nitrogens with one attached hydrogen (secondary N) is 5. The van der Waals surface area contributed by atoms with Gasteiger partial charge < -0.3 is 48.5 Å². The molecule has 5 atom stereocenters. The minimum atomic E-state index is -1.96. The molecule has 33 heteroatoms. The molecule has 11 aromatic rings. The molecule has 101 heavy (non-hydrogen) atoms. The molecule has 0 spiro atoms. The minimum Gasteiger partial charge on any atom is -0.487 e. The van der Waals surface area contributed by atoms with Crippen molar-refractivity contribution in [2.45, 2.75) is 114 Å². The van der Waals surface area contributed by atoms with Crippen molar-refractivity contribution in [2.75, 3.05) is 41.5 Å². The Hall–Kier alpha value is -10.4. The summed E-state index contributed by atoms with van der Waals surface area (Å²) in [7, 11) is 0. The lowest BCUT2D eigenvalue weighted by molar-refractivity contribution is -0.122.